The second kappa shape index (κ2) is 6.24. The molecular formula is C17H17NO2S. The number of nitrogens with zero attached hydrogens (tertiary/aromatic N) is 1. The Morgan fingerprint density at radius 1 is 1.33 bits per heavy atom. The van der Waals surface area contributed by atoms with E-state index in [1.807, 2.05) is 5.38 Å². The summed E-state index contributed by atoms with van der Waals surface area (Å²) >= 11 is 1.69. The molecule has 21 heavy (non-hydrogen) atoms. The molecule has 4 heteroatoms. The number of fused-ring (bicyclic) bond motifs is 1. The minimum absolute atomic E-state index is 0.907. The standard InChI is InChI=1S/C17H17NO2S/c19-17(20)6-5-13-9-16(21-12-13)11-18-8-7-14-3-1-2-4-15(14)10-18/h1-6,9,12H,7-8,10-11H2,(H,19,20). The van der Waals surface area contributed by atoms with E-state index < -0.39 is 5.97 Å². The maximum absolute atomic E-state index is 10.5. The van der Waals surface area contributed by atoms with Crippen LogP contribution >= 0.6 is 11.3 Å². The number of aliphatic carboxylic acids is 1. The fourth-order valence-corrected chi connectivity index (χ4v) is 3.54. The Bertz CT molecular complexity index is 675. The molecule has 1 aromatic heterocycles. The second-order valence-corrected chi connectivity index (χ2v) is 6.24. The van der Waals surface area contributed by atoms with E-state index in [0.717, 1.165) is 31.6 Å². The molecule has 0 saturated carbocycles. The van der Waals surface area contributed by atoms with Crippen molar-refractivity contribution in [3.05, 3.63) is 63.4 Å². The molecule has 0 unspecified atom stereocenters. The van der Waals surface area contributed by atoms with Gasteiger partial charge in [0.25, 0.3) is 0 Å². The monoisotopic (exact) mass is 299 g/mol. The first-order valence-electron chi connectivity index (χ1n) is 6.98. The van der Waals surface area contributed by atoms with Crippen molar-refractivity contribution in [2.24, 2.45) is 0 Å². The Labute approximate surface area is 128 Å². The van der Waals surface area contributed by atoms with Crippen LogP contribution in [0.4, 0.5) is 0 Å². The predicted molar refractivity (Wildman–Crippen MR) is 85.2 cm³/mol. The maximum atomic E-state index is 10.5. The number of rotatable bonds is 4. The van der Waals surface area contributed by atoms with Crippen molar-refractivity contribution < 1.29 is 9.90 Å². The molecular weight excluding hydrogens is 282 g/mol. The summed E-state index contributed by atoms with van der Waals surface area (Å²) in [6, 6.07) is 10.7. The predicted octanol–water partition coefficient (Wildman–Crippen LogP) is 3.40. The first-order valence-corrected chi connectivity index (χ1v) is 7.86. The van der Waals surface area contributed by atoms with E-state index in [4.69, 9.17) is 5.11 Å². The van der Waals surface area contributed by atoms with Crippen LogP contribution in [0.2, 0.25) is 0 Å². The topological polar surface area (TPSA) is 40.5 Å². The van der Waals surface area contributed by atoms with E-state index in [9.17, 15) is 4.79 Å². The third-order valence-electron chi connectivity index (χ3n) is 3.68. The van der Waals surface area contributed by atoms with Crippen molar-refractivity contribution in [1.29, 1.82) is 0 Å². The van der Waals surface area contributed by atoms with E-state index in [0.29, 0.717) is 0 Å². The van der Waals surface area contributed by atoms with Gasteiger partial charge in [-0.1, -0.05) is 24.3 Å². The molecule has 0 fully saturated rings. The number of carbonyl (C=O) groups is 1. The van der Waals surface area contributed by atoms with Gasteiger partial charge in [-0.15, -0.1) is 11.3 Å². The Kier molecular flexibility index (Phi) is 4.18. The van der Waals surface area contributed by atoms with Crippen molar-refractivity contribution in [2.75, 3.05) is 6.54 Å². The average molecular weight is 299 g/mol. The summed E-state index contributed by atoms with van der Waals surface area (Å²) in [6.45, 7) is 3.00. The normalized spacial score (nSPS) is 15.2. The second-order valence-electron chi connectivity index (χ2n) is 5.25. The van der Waals surface area contributed by atoms with Crippen LogP contribution in [0.15, 0.2) is 41.8 Å². The number of benzene rings is 1. The summed E-state index contributed by atoms with van der Waals surface area (Å²) < 4.78 is 0. The van der Waals surface area contributed by atoms with Gasteiger partial charge in [-0.05, 0) is 40.6 Å². The van der Waals surface area contributed by atoms with Crippen molar-refractivity contribution >= 4 is 23.4 Å². The number of carboxylic acids is 1. The number of carboxylic acid groups (broad SMARTS) is 1. The van der Waals surface area contributed by atoms with Gasteiger partial charge in [0, 0.05) is 30.6 Å². The molecule has 3 nitrogen and oxygen atoms in total. The maximum Gasteiger partial charge on any atom is 0.328 e. The smallest absolute Gasteiger partial charge is 0.328 e. The molecule has 0 amide bonds. The van der Waals surface area contributed by atoms with Crippen LogP contribution in [0.1, 0.15) is 21.6 Å². The van der Waals surface area contributed by atoms with Crippen molar-refractivity contribution in [3.8, 4) is 0 Å². The average Bonchev–Trinajstić information content (AvgIpc) is 2.92. The number of hydrogen-bond donors (Lipinski definition) is 1. The molecule has 1 aromatic carbocycles. The highest BCUT2D eigenvalue weighted by Crippen LogP contribution is 2.23. The van der Waals surface area contributed by atoms with Gasteiger partial charge in [0.1, 0.15) is 0 Å². The van der Waals surface area contributed by atoms with Gasteiger partial charge in [0.15, 0.2) is 0 Å². The van der Waals surface area contributed by atoms with Gasteiger partial charge < -0.3 is 5.11 Å². The van der Waals surface area contributed by atoms with Crippen LogP contribution in [0.5, 0.6) is 0 Å². The molecule has 0 bridgehead atoms. The minimum atomic E-state index is -0.907. The van der Waals surface area contributed by atoms with E-state index >= 15 is 0 Å². The van der Waals surface area contributed by atoms with Gasteiger partial charge in [-0.3, -0.25) is 4.90 Å². The van der Waals surface area contributed by atoms with Crippen LogP contribution in [0, 0.1) is 0 Å². The highest BCUT2D eigenvalue weighted by molar-refractivity contribution is 7.10. The van der Waals surface area contributed by atoms with Crippen LogP contribution in [-0.2, 0) is 24.3 Å². The molecule has 1 aliphatic heterocycles. The molecule has 0 spiro atoms. The lowest BCUT2D eigenvalue weighted by Crippen LogP contribution is -2.29. The van der Waals surface area contributed by atoms with Crippen LogP contribution < -0.4 is 0 Å². The Morgan fingerprint density at radius 2 is 2.14 bits per heavy atom. The van der Waals surface area contributed by atoms with Gasteiger partial charge in [-0.25, -0.2) is 4.79 Å². The van der Waals surface area contributed by atoms with Gasteiger partial charge in [0.05, 0.1) is 0 Å². The first-order chi connectivity index (χ1) is 10.2. The minimum Gasteiger partial charge on any atom is -0.478 e. The molecule has 3 rings (SSSR count). The summed E-state index contributed by atoms with van der Waals surface area (Å²) in [4.78, 5) is 14.2. The summed E-state index contributed by atoms with van der Waals surface area (Å²) in [5.74, 6) is -0.907. The summed E-state index contributed by atoms with van der Waals surface area (Å²) in [7, 11) is 0. The summed E-state index contributed by atoms with van der Waals surface area (Å²) in [5, 5.41) is 10.7. The van der Waals surface area contributed by atoms with Crippen molar-refractivity contribution in [3.63, 3.8) is 0 Å². The van der Waals surface area contributed by atoms with Crippen molar-refractivity contribution in [2.45, 2.75) is 19.5 Å². The zero-order valence-corrected chi connectivity index (χ0v) is 12.5. The zero-order chi connectivity index (χ0) is 14.7. The fraction of sp³-hybridized carbons (Fsp3) is 0.235. The third-order valence-corrected chi connectivity index (χ3v) is 4.62. The zero-order valence-electron chi connectivity index (χ0n) is 11.7. The molecule has 2 heterocycles. The van der Waals surface area contributed by atoms with Crippen LogP contribution in [0.3, 0.4) is 0 Å². The largest absolute Gasteiger partial charge is 0.478 e. The molecule has 0 radical (unpaired) electrons. The van der Waals surface area contributed by atoms with Gasteiger partial charge in [-0.2, -0.15) is 0 Å². The molecule has 0 saturated heterocycles. The highest BCUT2D eigenvalue weighted by atomic mass is 32.1. The Hall–Kier alpha value is -1.91. The van der Waals surface area contributed by atoms with E-state index in [1.165, 1.54) is 22.1 Å². The lowest BCUT2D eigenvalue weighted by Gasteiger charge is -2.28. The van der Waals surface area contributed by atoms with Crippen molar-refractivity contribution in [1.82, 2.24) is 4.90 Å². The van der Waals surface area contributed by atoms with E-state index in [-0.39, 0.29) is 0 Å². The Morgan fingerprint density at radius 3 is 2.95 bits per heavy atom. The molecule has 0 aliphatic carbocycles. The van der Waals surface area contributed by atoms with Crippen LogP contribution in [-0.4, -0.2) is 22.5 Å². The van der Waals surface area contributed by atoms with Crippen LogP contribution in [0.25, 0.3) is 6.08 Å². The Balaban J connectivity index is 1.64. The molecule has 108 valence electrons. The van der Waals surface area contributed by atoms with E-state index in [2.05, 4.69) is 35.2 Å². The molecule has 2 aromatic rings. The summed E-state index contributed by atoms with van der Waals surface area (Å²) in [5.41, 5.74) is 3.85. The highest BCUT2D eigenvalue weighted by Gasteiger charge is 2.16. The SMILES string of the molecule is O=C(O)C=Cc1csc(CN2CCc3ccccc3C2)c1. The fourth-order valence-electron chi connectivity index (χ4n) is 2.64. The lowest BCUT2D eigenvalue weighted by molar-refractivity contribution is -0.131. The number of thiophene rings is 1. The third kappa shape index (κ3) is 3.60. The molecule has 1 N–H and O–H groups in total. The van der Waals surface area contributed by atoms with E-state index in [1.54, 1.807) is 17.4 Å². The molecule has 0 atom stereocenters. The van der Waals surface area contributed by atoms with Gasteiger partial charge in [0.2, 0.25) is 0 Å². The van der Waals surface area contributed by atoms with Gasteiger partial charge >= 0.3 is 5.97 Å². The first kappa shape index (κ1) is 14.0. The summed E-state index contributed by atoms with van der Waals surface area (Å²) in [6.07, 6.45) is 3.93. The lowest BCUT2D eigenvalue weighted by atomic mass is 10.00. The number of hydrogen-bond acceptors (Lipinski definition) is 3. The quantitative estimate of drug-likeness (QED) is 0.880. The molecule has 1 aliphatic rings.